The number of anilines is 1. The van der Waals surface area contributed by atoms with Crippen molar-refractivity contribution in [3.8, 4) is 0 Å². The number of pyridine rings is 1. The molecule has 0 atom stereocenters. The van der Waals surface area contributed by atoms with Crippen molar-refractivity contribution in [2.45, 2.75) is 0 Å². The van der Waals surface area contributed by atoms with Gasteiger partial charge in [0.15, 0.2) is 0 Å². The molecule has 0 bridgehead atoms. The normalized spacial score (nSPS) is 11.5. The van der Waals surface area contributed by atoms with Crippen LogP contribution in [0.2, 0.25) is 0 Å². The van der Waals surface area contributed by atoms with E-state index in [9.17, 15) is 0 Å². The lowest BCUT2D eigenvalue weighted by Crippen LogP contribution is -2.30. The molecular weight excluding hydrogens is 316 g/mol. The summed E-state index contributed by atoms with van der Waals surface area (Å²) in [6.07, 6.45) is 4.39. The van der Waals surface area contributed by atoms with Crippen molar-refractivity contribution in [1.29, 1.82) is 0 Å². The third-order valence-corrected chi connectivity index (χ3v) is 4.91. The van der Waals surface area contributed by atoms with Crippen LogP contribution in [0.5, 0.6) is 0 Å². The van der Waals surface area contributed by atoms with Gasteiger partial charge in [0.05, 0.1) is 0 Å². The maximum atomic E-state index is 2.29. The molecule has 0 saturated heterocycles. The van der Waals surface area contributed by atoms with Gasteiger partial charge in [-0.05, 0) is 48.0 Å². The van der Waals surface area contributed by atoms with E-state index in [1.54, 1.807) is 0 Å². The molecule has 128 valence electrons. The van der Waals surface area contributed by atoms with E-state index < -0.39 is 0 Å². The Bertz CT molecular complexity index is 1110. The maximum Gasteiger partial charge on any atom is 0.220 e. The molecule has 4 aromatic rings. The first-order chi connectivity index (χ1) is 12.6. The Morgan fingerprint density at radius 1 is 0.769 bits per heavy atom. The van der Waals surface area contributed by atoms with Crippen LogP contribution in [0.15, 0.2) is 72.8 Å². The highest BCUT2D eigenvalue weighted by molar-refractivity contribution is 5.93. The summed E-state index contributed by atoms with van der Waals surface area (Å²) in [4.78, 5) is 2.11. The molecule has 0 aliphatic rings. The fourth-order valence-electron chi connectivity index (χ4n) is 3.49. The Morgan fingerprint density at radius 2 is 1.50 bits per heavy atom. The minimum absolute atomic E-state index is 1.20. The Balaban J connectivity index is 1.80. The smallest absolute Gasteiger partial charge is 0.220 e. The Kier molecular flexibility index (Phi) is 4.18. The third kappa shape index (κ3) is 2.95. The summed E-state index contributed by atoms with van der Waals surface area (Å²) in [5.41, 5.74) is 6.15. The van der Waals surface area contributed by atoms with Gasteiger partial charge in [-0.15, -0.1) is 0 Å². The fourth-order valence-corrected chi connectivity index (χ4v) is 3.49. The number of fused-ring (bicyclic) bond motifs is 2. The van der Waals surface area contributed by atoms with Crippen LogP contribution in [0.3, 0.4) is 0 Å². The molecule has 0 amide bonds. The van der Waals surface area contributed by atoms with Crippen LogP contribution < -0.4 is 9.47 Å². The van der Waals surface area contributed by atoms with Crippen LogP contribution in [-0.2, 0) is 7.05 Å². The molecule has 1 aromatic heterocycles. The van der Waals surface area contributed by atoms with Gasteiger partial charge in [-0.25, -0.2) is 0 Å². The largest absolute Gasteiger partial charge is 0.378 e. The van der Waals surface area contributed by atoms with E-state index in [0.29, 0.717) is 0 Å². The number of aromatic nitrogens is 1. The first kappa shape index (κ1) is 16.3. The Morgan fingerprint density at radius 3 is 2.27 bits per heavy atom. The molecule has 2 nitrogen and oxygen atoms in total. The molecule has 0 spiro atoms. The van der Waals surface area contributed by atoms with Crippen molar-refractivity contribution in [2.24, 2.45) is 7.05 Å². The van der Waals surface area contributed by atoms with Gasteiger partial charge in [0.25, 0.3) is 0 Å². The minimum atomic E-state index is 1.20. The molecule has 0 unspecified atom stereocenters. The second-order valence-electron chi connectivity index (χ2n) is 6.87. The molecule has 0 aliphatic carbocycles. The van der Waals surface area contributed by atoms with Gasteiger partial charge in [-0.3, -0.25) is 0 Å². The molecule has 2 heteroatoms. The molecule has 4 rings (SSSR count). The van der Waals surface area contributed by atoms with Crippen molar-refractivity contribution in [2.75, 3.05) is 19.0 Å². The maximum absolute atomic E-state index is 2.29. The number of nitrogens with zero attached hydrogens (tertiary/aromatic N) is 2. The summed E-state index contributed by atoms with van der Waals surface area (Å²) in [6, 6.07) is 25.9. The van der Waals surface area contributed by atoms with Gasteiger partial charge in [-0.2, -0.15) is 4.57 Å². The molecule has 0 radical (unpaired) electrons. The first-order valence-electron chi connectivity index (χ1n) is 8.89. The highest BCUT2D eigenvalue weighted by Gasteiger charge is 2.13. The van der Waals surface area contributed by atoms with Gasteiger partial charge < -0.3 is 4.90 Å². The third-order valence-electron chi connectivity index (χ3n) is 4.91. The zero-order chi connectivity index (χ0) is 18.1. The predicted molar refractivity (Wildman–Crippen MR) is 112 cm³/mol. The van der Waals surface area contributed by atoms with Crippen LogP contribution in [-0.4, -0.2) is 14.1 Å². The summed E-state index contributed by atoms with van der Waals surface area (Å²) < 4.78 is 2.29. The molecule has 0 aliphatic heterocycles. The number of rotatable bonds is 3. The average molecular weight is 339 g/mol. The van der Waals surface area contributed by atoms with Crippen LogP contribution in [0.4, 0.5) is 5.69 Å². The highest BCUT2D eigenvalue weighted by atomic mass is 15.1. The zero-order valence-corrected chi connectivity index (χ0v) is 15.5. The molecule has 0 N–H and O–H groups in total. The number of hydrogen-bond donors (Lipinski definition) is 0. The van der Waals surface area contributed by atoms with Gasteiger partial charge in [-0.1, -0.05) is 36.4 Å². The lowest BCUT2D eigenvalue weighted by Gasteiger charge is -2.11. The summed E-state index contributed by atoms with van der Waals surface area (Å²) in [5, 5.41) is 2.53. The molecule has 0 saturated carbocycles. The first-order valence-corrected chi connectivity index (χ1v) is 8.89. The van der Waals surface area contributed by atoms with Crippen molar-refractivity contribution in [3.05, 3.63) is 83.9 Å². The van der Waals surface area contributed by atoms with Gasteiger partial charge in [0, 0.05) is 42.2 Å². The van der Waals surface area contributed by atoms with E-state index >= 15 is 0 Å². The second kappa shape index (κ2) is 6.64. The van der Waals surface area contributed by atoms with E-state index in [0.717, 1.165) is 0 Å². The lowest BCUT2D eigenvalue weighted by atomic mass is 10.0. The van der Waals surface area contributed by atoms with Crippen molar-refractivity contribution < 1.29 is 4.57 Å². The summed E-state index contributed by atoms with van der Waals surface area (Å²) in [7, 11) is 6.27. The quantitative estimate of drug-likeness (QED) is 0.288. The van der Waals surface area contributed by atoms with Crippen molar-refractivity contribution in [1.82, 2.24) is 0 Å². The van der Waals surface area contributed by atoms with Gasteiger partial charge >= 0.3 is 0 Å². The monoisotopic (exact) mass is 339 g/mol. The SMILES string of the molecule is CN(C)c1ccc(/C=C/c2cccc3cc4ccccc4[n+](C)c23)cc1. The standard InChI is InChI=1S/C24H23N2/c1-25(2)22-15-12-18(13-16-22)11-14-19-8-6-9-21-17-20-7-4-5-10-23(20)26(3)24(19)21/h4-17H,1-3H3/q+1/b14-11+. The van der Waals surface area contributed by atoms with Crippen LogP contribution in [0.25, 0.3) is 34.0 Å². The highest BCUT2D eigenvalue weighted by Crippen LogP contribution is 2.22. The predicted octanol–water partition coefficient (Wildman–Crippen LogP) is 5.05. The number of para-hydroxylation sites is 2. The van der Waals surface area contributed by atoms with E-state index in [4.69, 9.17) is 0 Å². The Labute approximate surface area is 154 Å². The molecule has 26 heavy (non-hydrogen) atoms. The lowest BCUT2D eigenvalue weighted by molar-refractivity contribution is -0.617. The second-order valence-corrected chi connectivity index (χ2v) is 6.87. The van der Waals surface area contributed by atoms with Gasteiger partial charge in [0.2, 0.25) is 11.0 Å². The summed E-state index contributed by atoms with van der Waals surface area (Å²) >= 11 is 0. The van der Waals surface area contributed by atoms with Crippen LogP contribution in [0.1, 0.15) is 11.1 Å². The molecular formula is C24H23N2+. The summed E-state index contributed by atoms with van der Waals surface area (Å²) in [5.74, 6) is 0. The Hall–Kier alpha value is -3.13. The summed E-state index contributed by atoms with van der Waals surface area (Å²) in [6.45, 7) is 0. The molecule has 0 fully saturated rings. The van der Waals surface area contributed by atoms with E-state index in [-0.39, 0.29) is 0 Å². The molecule has 1 heterocycles. The molecule has 3 aromatic carbocycles. The van der Waals surface area contributed by atoms with E-state index in [1.807, 2.05) is 0 Å². The van der Waals surface area contributed by atoms with Crippen LogP contribution >= 0.6 is 0 Å². The number of hydrogen-bond acceptors (Lipinski definition) is 1. The fraction of sp³-hybridized carbons (Fsp3) is 0.125. The number of aryl methyl sites for hydroxylation is 1. The van der Waals surface area contributed by atoms with Crippen LogP contribution in [0, 0.1) is 0 Å². The minimum Gasteiger partial charge on any atom is -0.378 e. The average Bonchev–Trinajstić information content (AvgIpc) is 2.66. The van der Waals surface area contributed by atoms with Crippen molar-refractivity contribution in [3.63, 3.8) is 0 Å². The van der Waals surface area contributed by atoms with E-state index in [2.05, 4.69) is 116 Å². The van der Waals surface area contributed by atoms with E-state index in [1.165, 1.54) is 38.6 Å². The van der Waals surface area contributed by atoms with Crippen molar-refractivity contribution >= 4 is 39.6 Å². The van der Waals surface area contributed by atoms with Gasteiger partial charge in [0.1, 0.15) is 7.05 Å². The topological polar surface area (TPSA) is 7.12 Å². The zero-order valence-electron chi connectivity index (χ0n) is 15.5. The number of benzene rings is 3.